The summed E-state index contributed by atoms with van der Waals surface area (Å²) >= 11 is 5.71. The SMILES string of the molecule is Nc1cccc(OCCC(=O)Nc2ccc(Cl)cn2)c1. The minimum absolute atomic E-state index is 0.177. The van der Waals surface area contributed by atoms with Crippen molar-refractivity contribution < 1.29 is 9.53 Å². The number of ether oxygens (including phenoxy) is 1. The van der Waals surface area contributed by atoms with Gasteiger partial charge in [-0.05, 0) is 24.3 Å². The Morgan fingerprint density at radius 3 is 2.90 bits per heavy atom. The van der Waals surface area contributed by atoms with Gasteiger partial charge in [-0.25, -0.2) is 4.98 Å². The van der Waals surface area contributed by atoms with Crippen LogP contribution in [0.25, 0.3) is 0 Å². The first-order chi connectivity index (χ1) is 9.63. The van der Waals surface area contributed by atoms with E-state index in [1.165, 1.54) is 6.20 Å². The van der Waals surface area contributed by atoms with Crippen molar-refractivity contribution in [2.45, 2.75) is 6.42 Å². The van der Waals surface area contributed by atoms with Gasteiger partial charge in [-0.1, -0.05) is 17.7 Å². The van der Waals surface area contributed by atoms with E-state index in [9.17, 15) is 4.79 Å². The second kappa shape index (κ2) is 6.77. The van der Waals surface area contributed by atoms with E-state index in [1.807, 2.05) is 0 Å². The molecule has 0 aliphatic rings. The molecule has 0 spiro atoms. The summed E-state index contributed by atoms with van der Waals surface area (Å²) in [4.78, 5) is 15.6. The number of anilines is 2. The van der Waals surface area contributed by atoms with Crippen LogP contribution in [0.15, 0.2) is 42.6 Å². The smallest absolute Gasteiger partial charge is 0.228 e. The quantitative estimate of drug-likeness (QED) is 0.830. The number of aromatic nitrogens is 1. The highest BCUT2D eigenvalue weighted by Gasteiger charge is 2.04. The number of amides is 1. The summed E-state index contributed by atoms with van der Waals surface area (Å²) in [7, 11) is 0. The average molecular weight is 292 g/mol. The number of pyridine rings is 1. The fraction of sp³-hybridized carbons (Fsp3) is 0.143. The molecule has 20 heavy (non-hydrogen) atoms. The molecule has 0 saturated heterocycles. The van der Waals surface area contributed by atoms with Crippen LogP contribution in [0.3, 0.4) is 0 Å². The number of benzene rings is 1. The highest BCUT2D eigenvalue weighted by Crippen LogP contribution is 2.14. The molecule has 2 aromatic rings. The van der Waals surface area contributed by atoms with E-state index in [0.29, 0.717) is 22.3 Å². The van der Waals surface area contributed by atoms with Gasteiger partial charge in [0.25, 0.3) is 0 Å². The molecule has 0 atom stereocenters. The summed E-state index contributed by atoms with van der Waals surface area (Å²) in [6.45, 7) is 0.267. The number of nitrogens with one attached hydrogen (secondary N) is 1. The Bertz CT molecular complexity index is 587. The Hall–Kier alpha value is -2.27. The number of hydrogen-bond acceptors (Lipinski definition) is 4. The van der Waals surface area contributed by atoms with Crippen LogP contribution >= 0.6 is 11.6 Å². The number of nitrogen functional groups attached to an aromatic ring is 1. The van der Waals surface area contributed by atoms with Gasteiger partial charge in [-0.15, -0.1) is 0 Å². The predicted octanol–water partition coefficient (Wildman–Crippen LogP) is 2.72. The molecule has 0 fully saturated rings. The Morgan fingerprint density at radius 1 is 1.35 bits per heavy atom. The summed E-state index contributed by atoms with van der Waals surface area (Å²) in [5.41, 5.74) is 6.25. The van der Waals surface area contributed by atoms with Crippen molar-refractivity contribution in [3.8, 4) is 5.75 Å². The first-order valence-corrected chi connectivity index (χ1v) is 6.41. The van der Waals surface area contributed by atoms with Gasteiger partial charge in [0.1, 0.15) is 11.6 Å². The van der Waals surface area contributed by atoms with Crippen molar-refractivity contribution >= 4 is 29.0 Å². The molecule has 0 bridgehead atoms. The second-order valence-electron chi connectivity index (χ2n) is 4.08. The first-order valence-electron chi connectivity index (χ1n) is 6.03. The Morgan fingerprint density at radius 2 is 2.20 bits per heavy atom. The molecular weight excluding hydrogens is 278 g/mol. The zero-order valence-electron chi connectivity index (χ0n) is 10.7. The van der Waals surface area contributed by atoms with E-state index >= 15 is 0 Å². The normalized spacial score (nSPS) is 10.1. The molecule has 0 radical (unpaired) electrons. The number of rotatable bonds is 5. The van der Waals surface area contributed by atoms with Gasteiger partial charge in [0, 0.05) is 18.0 Å². The molecule has 2 rings (SSSR count). The predicted molar refractivity (Wildman–Crippen MR) is 78.8 cm³/mol. The van der Waals surface area contributed by atoms with E-state index in [1.54, 1.807) is 36.4 Å². The summed E-state index contributed by atoms with van der Waals surface area (Å²) in [6, 6.07) is 10.4. The van der Waals surface area contributed by atoms with Crippen LogP contribution in [-0.4, -0.2) is 17.5 Å². The van der Waals surface area contributed by atoms with E-state index < -0.39 is 0 Å². The Labute approximate surface area is 121 Å². The van der Waals surface area contributed by atoms with Gasteiger partial charge in [0.15, 0.2) is 0 Å². The van der Waals surface area contributed by atoms with Crippen LogP contribution < -0.4 is 15.8 Å². The van der Waals surface area contributed by atoms with E-state index in [2.05, 4.69) is 10.3 Å². The third-order valence-electron chi connectivity index (χ3n) is 2.45. The van der Waals surface area contributed by atoms with Gasteiger partial charge in [-0.2, -0.15) is 0 Å². The number of halogens is 1. The Kier molecular flexibility index (Phi) is 4.79. The van der Waals surface area contributed by atoms with E-state index in [4.69, 9.17) is 22.1 Å². The summed E-state index contributed by atoms with van der Waals surface area (Å²) in [6.07, 6.45) is 1.69. The van der Waals surface area contributed by atoms with Crippen LogP contribution in [0.2, 0.25) is 5.02 Å². The average Bonchev–Trinajstić information content (AvgIpc) is 2.41. The molecule has 3 N–H and O–H groups in total. The monoisotopic (exact) mass is 291 g/mol. The maximum absolute atomic E-state index is 11.7. The van der Waals surface area contributed by atoms with Crippen molar-refractivity contribution in [1.29, 1.82) is 0 Å². The number of nitrogens with two attached hydrogens (primary N) is 1. The van der Waals surface area contributed by atoms with Gasteiger partial charge in [0.05, 0.1) is 18.1 Å². The zero-order valence-corrected chi connectivity index (χ0v) is 11.4. The largest absolute Gasteiger partial charge is 0.493 e. The molecule has 0 aliphatic heterocycles. The molecule has 1 amide bonds. The number of carbonyl (C=O) groups is 1. The lowest BCUT2D eigenvalue weighted by atomic mass is 10.3. The fourth-order valence-corrected chi connectivity index (χ4v) is 1.63. The maximum Gasteiger partial charge on any atom is 0.228 e. The van der Waals surface area contributed by atoms with Crippen molar-refractivity contribution in [2.75, 3.05) is 17.7 Å². The lowest BCUT2D eigenvalue weighted by molar-refractivity contribution is -0.116. The molecule has 1 aromatic carbocycles. The molecule has 104 valence electrons. The van der Waals surface area contributed by atoms with Gasteiger partial charge >= 0.3 is 0 Å². The molecule has 6 heteroatoms. The first kappa shape index (κ1) is 14.1. The maximum atomic E-state index is 11.7. The van der Waals surface area contributed by atoms with Crippen molar-refractivity contribution in [3.63, 3.8) is 0 Å². The molecule has 1 heterocycles. The molecule has 5 nitrogen and oxygen atoms in total. The lowest BCUT2D eigenvalue weighted by Gasteiger charge is -2.07. The molecule has 0 saturated carbocycles. The molecule has 1 aromatic heterocycles. The Balaban J connectivity index is 1.76. The summed E-state index contributed by atoms with van der Waals surface area (Å²) in [5.74, 6) is 0.925. The molecule has 0 aliphatic carbocycles. The topological polar surface area (TPSA) is 77.2 Å². The van der Waals surface area contributed by atoms with Crippen LogP contribution in [-0.2, 0) is 4.79 Å². The van der Waals surface area contributed by atoms with E-state index in [0.717, 1.165) is 0 Å². The van der Waals surface area contributed by atoms with Gasteiger partial charge in [-0.3, -0.25) is 4.79 Å². The number of carbonyl (C=O) groups excluding carboxylic acids is 1. The number of hydrogen-bond donors (Lipinski definition) is 2. The van der Waals surface area contributed by atoms with Crippen LogP contribution in [0.1, 0.15) is 6.42 Å². The third-order valence-corrected chi connectivity index (χ3v) is 2.67. The molecule has 0 unspecified atom stereocenters. The highest BCUT2D eigenvalue weighted by atomic mass is 35.5. The van der Waals surface area contributed by atoms with Gasteiger partial charge < -0.3 is 15.8 Å². The lowest BCUT2D eigenvalue weighted by Crippen LogP contribution is -2.15. The van der Waals surface area contributed by atoms with Crippen molar-refractivity contribution in [2.24, 2.45) is 0 Å². The zero-order chi connectivity index (χ0) is 14.4. The molecular formula is C14H14ClN3O2. The van der Waals surface area contributed by atoms with Crippen molar-refractivity contribution in [3.05, 3.63) is 47.6 Å². The van der Waals surface area contributed by atoms with Crippen LogP contribution in [0.5, 0.6) is 5.75 Å². The summed E-state index contributed by atoms with van der Waals surface area (Å²) < 4.78 is 5.43. The summed E-state index contributed by atoms with van der Waals surface area (Å²) in [5, 5.41) is 3.17. The van der Waals surface area contributed by atoms with Gasteiger partial charge in [0.2, 0.25) is 5.91 Å². The van der Waals surface area contributed by atoms with Crippen molar-refractivity contribution in [1.82, 2.24) is 4.98 Å². The fourth-order valence-electron chi connectivity index (χ4n) is 1.52. The minimum atomic E-state index is -0.177. The van der Waals surface area contributed by atoms with E-state index in [-0.39, 0.29) is 18.9 Å². The highest BCUT2D eigenvalue weighted by molar-refractivity contribution is 6.30. The standard InChI is InChI=1S/C14H14ClN3O2/c15-10-4-5-13(17-9-10)18-14(19)6-7-20-12-3-1-2-11(16)8-12/h1-5,8-9H,6-7,16H2,(H,17,18,19). The second-order valence-corrected chi connectivity index (χ2v) is 4.52. The minimum Gasteiger partial charge on any atom is -0.493 e. The number of nitrogens with zero attached hydrogens (tertiary/aromatic N) is 1. The van der Waals surface area contributed by atoms with Crippen LogP contribution in [0, 0.1) is 0 Å². The third kappa shape index (κ3) is 4.44. The van der Waals surface area contributed by atoms with Crippen LogP contribution in [0.4, 0.5) is 11.5 Å².